The van der Waals surface area contributed by atoms with Crippen LogP contribution in [-0.2, 0) is 16.6 Å². The van der Waals surface area contributed by atoms with Gasteiger partial charge in [-0.2, -0.15) is 5.26 Å². The summed E-state index contributed by atoms with van der Waals surface area (Å²) in [6, 6.07) is 2.06. The summed E-state index contributed by atoms with van der Waals surface area (Å²) >= 11 is 6.73. The van der Waals surface area contributed by atoms with Gasteiger partial charge in [0.25, 0.3) is 11.5 Å². The molecule has 2 aliphatic heterocycles. The molecule has 7 nitrogen and oxygen atoms in total. The summed E-state index contributed by atoms with van der Waals surface area (Å²) in [6.07, 6.45) is 6.95. The first-order valence-corrected chi connectivity index (χ1v) is 12.3. The lowest BCUT2D eigenvalue weighted by Gasteiger charge is -2.28. The number of ether oxygens (including phenoxy) is 1. The second-order valence-corrected chi connectivity index (χ2v) is 9.67. The van der Waals surface area contributed by atoms with E-state index < -0.39 is 0 Å². The van der Waals surface area contributed by atoms with Crippen molar-refractivity contribution < 1.29 is 9.53 Å². The molecule has 1 amide bonds. The molecule has 0 radical (unpaired) electrons. The summed E-state index contributed by atoms with van der Waals surface area (Å²) in [7, 11) is 1.71. The highest BCUT2D eigenvalue weighted by atomic mass is 32.2. The number of anilines is 1. The molecule has 0 spiro atoms. The summed E-state index contributed by atoms with van der Waals surface area (Å²) in [6.45, 7) is 7.15. The van der Waals surface area contributed by atoms with E-state index in [4.69, 9.17) is 17.0 Å². The van der Waals surface area contributed by atoms with Gasteiger partial charge in [0, 0.05) is 45.5 Å². The predicted octanol–water partition coefficient (Wildman–Crippen LogP) is 3.57. The summed E-state index contributed by atoms with van der Waals surface area (Å²) < 4.78 is 7.46. The number of carbonyl (C=O) groups excluding carboxylic acids is 1. The Hall–Kier alpha value is -2.15. The maximum atomic E-state index is 13.1. The van der Waals surface area contributed by atoms with Crippen molar-refractivity contribution in [3.8, 4) is 6.07 Å². The van der Waals surface area contributed by atoms with Gasteiger partial charge in [0.1, 0.15) is 21.8 Å². The Bertz CT molecular complexity index is 1020. The van der Waals surface area contributed by atoms with E-state index in [-0.39, 0.29) is 17.0 Å². The second kappa shape index (κ2) is 11.1. The van der Waals surface area contributed by atoms with Gasteiger partial charge in [0.2, 0.25) is 0 Å². The molecule has 0 aliphatic carbocycles. The zero-order chi connectivity index (χ0) is 23.3. The molecule has 9 heteroatoms. The van der Waals surface area contributed by atoms with Crippen molar-refractivity contribution in [3.05, 3.63) is 31.9 Å². The third kappa shape index (κ3) is 5.08. The van der Waals surface area contributed by atoms with Gasteiger partial charge in [-0.15, -0.1) is 0 Å². The smallest absolute Gasteiger partial charge is 0.270 e. The molecule has 2 fully saturated rings. The van der Waals surface area contributed by atoms with Crippen LogP contribution in [0.2, 0.25) is 0 Å². The van der Waals surface area contributed by atoms with Crippen molar-refractivity contribution in [3.63, 3.8) is 0 Å². The molecule has 32 heavy (non-hydrogen) atoms. The third-order valence-electron chi connectivity index (χ3n) is 5.90. The van der Waals surface area contributed by atoms with Crippen molar-refractivity contribution in [2.24, 2.45) is 7.05 Å². The molecule has 0 bridgehead atoms. The number of pyridine rings is 1. The fraction of sp³-hybridized carbons (Fsp3) is 0.565. The van der Waals surface area contributed by atoms with E-state index in [1.54, 1.807) is 23.4 Å². The zero-order valence-electron chi connectivity index (χ0n) is 19.0. The molecule has 0 atom stereocenters. The van der Waals surface area contributed by atoms with Gasteiger partial charge in [-0.25, -0.2) is 0 Å². The Balaban J connectivity index is 2.03. The number of amides is 1. The maximum Gasteiger partial charge on any atom is 0.270 e. The lowest BCUT2D eigenvalue weighted by atomic mass is 10.0. The van der Waals surface area contributed by atoms with Crippen molar-refractivity contribution in [1.29, 1.82) is 5.26 Å². The Morgan fingerprint density at radius 1 is 1.22 bits per heavy atom. The van der Waals surface area contributed by atoms with Gasteiger partial charge in [-0.3, -0.25) is 19.1 Å². The maximum absolute atomic E-state index is 13.1. The number of thiocarbonyl (C=S) groups is 1. The molecule has 2 aliphatic rings. The SMILES string of the molecule is CCOCCCN1C(=O)/C(=C\c2c(C)c(C#N)c(=O)n(C)c2N2CCCCCC2)SC1=S. The van der Waals surface area contributed by atoms with Crippen LogP contribution in [0.25, 0.3) is 6.08 Å². The average Bonchev–Trinajstić information content (AvgIpc) is 2.95. The highest BCUT2D eigenvalue weighted by molar-refractivity contribution is 8.26. The molecule has 2 saturated heterocycles. The van der Waals surface area contributed by atoms with Crippen LogP contribution in [0.3, 0.4) is 0 Å². The predicted molar refractivity (Wildman–Crippen MR) is 133 cm³/mol. The van der Waals surface area contributed by atoms with Crippen LogP contribution in [0.1, 0.15) is 55.7 Å². The largest absolute Gasteiger partial charge is 0.382 e. The fourth-order valence-corrected chi connectivity index (χ4v) is 5.46. The summed E-state index contributed by atoms with van der Waals surface area (Å²) in [5.41, 5.74) is 1.17. The lowest BCUT2D eigenvalue weighted by Crippen LogP contribution is -2.34. The van der Waals surface area contributed by atoms with Crippen LogP contribution in [0.15, 0.2) is 9.70 Å². The molecule has 1 aromatic rings. The average molecular weight is 475 g/mol. The Morgan fingerprint density at radius 3 is 2.53 bits per heavy atom. The van der Waals surface area contributed by atoms with E-state index in [0.29, 0.717) is 41.0 Å². The van der Waals surface area contributed by atoms with Crippen LogP contribution in [0.4, 0.5) is 5.82 Å². The Labute approximate surface area is 199 Å². The van der Waals surface area contributed by atoms with E-state index in [9.17, 15) is 14.9 Å². The van der Waals surface area contributed by atoms with Gasteiger partial charge in [0.15, 0.2) is 0 Å². The van der Waals surface area contributed by atoms with E-state index in [1.165, 1.54) is 11.8 Å². The van der Waals surface area contributed by atoms with Crippen LogP contribution >= 0.6 is 24.0 Å². The monoisotopic (exact) mass is 474 g/mol. The van der Waals surface area contributed by atoms with Crippen molar-refractivity contribution in [2.75, 3.05) is 37.7 Å². The molecule has 0 unspecified atom stereocenters. The molecule has 172 valence electrons. The van der Waals surface area contributed by atoms with Gasteiger partial charge in [-0.1, -0.05) is 36.8 Å². The van der Waals surface area contributed by atoms with E-state index in [1.807, 2.05) is 13.0 Å². The molecule has 0 aromatic carbocycles. The number of rotatable bonds is 7. The minimum Gasteiger partial charge on any atom is -0.382 e. The minimum atomic E-state index is -0.301. The lowest BCUT2D eigenvalue weighted by molar-refractivity contribution is -0.122. The first-order chi connectivity index (χ1) is 15.4. The number of carbonyl (C=O) groups is 1. The minimum absolute atomic E-state index is 0.115. The van der Waals surface area contributed by atoms with Gasteiger partial charge >= 0.3 is 0 Å². The van der Waals surface area contributed by atoms with Crippen LogP contribution in [0, 0.1) is 18.3 Å². The second-order valence-electron chi connectivity index (χ2n) is 8.00. The first-order valence-electron chi connectivity index (χ1n) is 11.1. The highest BCUT2D eigenvalue weighted by Gasteiger charge is 2.32. The van der Waals surface area contributed by atoms with E-state index in [2.05, 4.69) is 11.0 Å². The number of nitriles is 1. The van der Waals surface area contributed by atoms with Crippen molar-refractivity contribution >= 4 is 46.1 Å². The molecule has 3 heterocycles. The van der Waals surface area contributed by atoms with E-state index >= 15 is 0 Å². The van der Waals surface area contributed by atoms with Crippen LogP contribution in [0.5, 0.6) is 0 Å². The topological polar surface area (TPSA) is 78.6 Å². The summed E-state index contributed by atoms with van der Waals surface area (Å²) in [4.78, 5) is 30.3. The summed E-state index contributed by atoms with van der Waals surface area (Å²) in [5, 5.41) is 9.62. The van der Waals surface area contributed by atoms with Crippen molar-refractivity contribution in [1.82, 2.24) is 9.47 Å². The number of hydrogen-bond donors (Lipinski definition) is 0. The first kappa shape index (κ1) is 24.5. The molecule has 1 aromatic heterocycles. The van der Waals surface area contributed by atoms with E-state index in [0.717, 1.165) is 50.2 Å². The van der Waals surface area contributed by atoms with Crippen molar-refractivity contribution in [2.45, 2.75) is 46.0 Å². The van der Waals surface area contributed by atoms with Crippen LogP contribution in [-0.4, -0.2) is 52.5 Å². The van der Waals surface area contributed by atoms with Gasteiger partial charge < -0.3 is 9.64 Å². The number of thioether (sulfide) groups is 1. The quantitative estimate of drug-likeness (QED) is 0.340. The standard InChI is InChI=1S/C23H30N4O3S2/c1-4-30-13-9-12-27-22(29)19(32-23(27)31)14-17-16(2)18(15-24)21(28)25(3)20(17)26-10-7-5-6-8-11-26/h14H,4-13H2,1-3H3/b19-14+. The third-order valence-corrected chi connectivity index (χ3v) is 7.27. The van der Waals surface area contributed by atoms with Gasteiger partial charge in [0.05, 0.1) is 4.91 Å². The van der Waals surface area contributed by atoms with Crippen LogP contribution < -0.4 is 10.5 Å². The zero-order valence-corrected chi connectivity index (χ0v) is 20.6. The Morgan fingerprint density at radius 2 is 1.91 bits per heavy atom. The Kier molecular flexibility index (Phi) is 8.51. The van der Waals surface area contributed by atoms with Gasteiger partial charge in [-0.05, 0) is 44.7 Å². The molecule has 0 saturated carbocycles. The molecule has 0 N–H and O–H groups in total. The fourth-order valence-electron chi connectivity index (χ4n) is 4.17. The highest BCUT2D eigenvalue weighted by Crippen LogP contribution is 2.36. The molecular formula is C23H30N4O3S2. The number of hydrogen-bond acceptors (Lipinski definition) is 7. The number of aromatic nitrogens is 1. The molecule has 3 rings (SSSR count). The number of nitrogens with zero attached hydrogens (tertiary/aromatic N) is 4. The molecular weight excluding hydrogens is 444 g/mol. The normalized spacial score (nSPS) is 18.4. The summed E-state index contributed by atoms with van der Waals surface area (Å²) in [5.74, 6) is 0.639.